The third kappa shape index (κ3) is 3.35. The molecule has 1 amide bonds. The molecule has 3 aromatic rings. The lowest BCUT2D eigenvalue weighted by atomic mass is 10.1. The third-order valence-corrected chi connectivity index (χ3v) is 4.04. The van der Waals surface area contributed by atoms with Gasteiger partial charge in [0.15, 0.2) is 5.65 Å². The molecule has 3 rings (SSSR count). The summed E-state index contributed by atoms with van der Waals surface area (Å²) in [6, 6.07) is 9.31. The first-order valence-corrected chi connectivity index (χ1v) is 8.10. The molecule has 0 aliphatic rings. The number of hydrogen-bond acceptors (Lipinski definition) is 3. The van der Waals surface area contributed by atoms with Crippen LogP contribution in [0.25, 0.3) is 16.9 Å². The van der Waals surface area contributed by atoms with Crippen molar-refractivity contribution in [2.75, 3.05) is 0 Å². The molecule has 25 heavy (non-hydrogen) atoms. The first-order valence-electron chi connectivity index (χ1n) is 7.72. The quantitative estimate of drug-likeness (QED) is 0.734. The zero-order valence-electron chi connectivity index (χ0n) is 14.2. The van der Waals surface area contributed by atoms with Crippen LogP contribution in [0.2, 0.25) is 5.02 Å². The van der Waals surface area contributed by atoms with Crippen molar-refractivity contribution >= 4 is 23.2 Å². The highest BCUT2D eigenvalue weighted by Gasteiger charge is 2.22. The van der Waals surface area contributed by atoms with Crippen molar-refractivity contribution in [2.45, 2.75) is 26.3 Å². The van der Waals surface area contributed by atoms with Gasteiger partial charge in [0.05, 0.1) is 17.4 Å². The number of carbonyl (C=O) groups is 1. The third-order valence-electron chi connectivity index (χ3n) is 3.80. The highest BCUT2D eigenvalue weighted by atomic mass is 35.5. The van der Waals surface area contributed by atoms with Crippen LogP contribution >= 0.6 is 11.6 Å². The molecule has 126 valence electrons. The number of nitrogens with one attached hydrogen (secondary N) is 1. The van der Waals surface area contributed by atoms with Gasteiger partial charge >= 0.3 is 0 Å². The van der Waals surface area contributed by atoms with E-state index in [0.29, 0.717) is 16.2 Å². The molecule has 1 aromatic carbocycles. The fraction of sp³-hybridized carbons (Fsp3) is 0.211. The fourth-order valence-electron chi connectivity index (χ4n) is 2.46. The minimum Gasteiger partial charge on any atom is -0.336 e. The summed E-state index contributed by atoms with van der Waals surface area (Å²) in [7, 11) is 0. The summed E-state index contributed by atoms with van der Waals surface area (Å²) in [5, 5.41) is 7.69. The number of fused-ring (bicyclic) bond motifs is 1. The van der Waals surface area contributed by atoms with E-state index in [1.807, 2.05) is 31.2 Å². The molecule has 0 aliphatic carbocycles. The van der Waals surface area contributed by atoms with Crippen LogP contribution < -0.4 is 5.32 Å². The van der Waals surface area contributed by atoms with Gasteiger partial charge in [-0.3, -0.25) is 4.79 Å². The molecule has 2 aromatic heterocycles. The summed E-state index contributed by atoms with van der Waals surface area (Å²) >= 11 is 6.07. The van der Waals surface area contributed by atoms with E-state index >= 15 is 0 Å². The molecule has 0 saturated carbocycles. The van der Waals surface area contributed by atoms with Crippen LogP contribution in [0.4, 0.5) is 0 Å². The smallest absolute Gasteiger partial charge is 0.257 e. The Bertz CT molecular complexity index is 1010. The highest BCUT2D eigenvalue weighted by molar-refractivity contribution is 6.30. The second-order valence-corrected chi connectivity index (χ2v) is 6.75. The molecule has 0 spiro atoms. The van der Waals surface area contributed by atoms with Gasteiger partial charge in [-0.1, -0.05) is 29.7 Å². The maximum atomic E-state index is 12.6. The molecule has 0 aliphatic heterocycles. The van der Waals surface area contributed by atoms with Gasteiger partial charge in [0.2, 0.25) is 0 Å². The molecule has 0 radical (unpaired) electrons. The summed E-state index contributed by atoms with van der Waals surface area (Å²) in [6.07, 6.45) is 6.94. The molecule has 0 atom stereocenters. The van der Waals surface area contributed by atoms with Crippen LogP contribution in [-0.4, -0.2) is 26.0 Å². The number of rotatable bonds is 3. The van der Waals surface area contributed by atoms with Crippen molar-refractivity contribution in [1.29, 1.82) is 0 Å². The fourth-order valence-corrected chi connectivity index (χ4v) is 2.65. The molecule has 6 heteroatoms. The van der Waals surface area contributed by atoms with Crippen molar-refractivity contribution in [3.8, 4) is 23.6 Å². The predicted octanol–water partition coefficient (Wildman–Crippen LogP) is 3.50. The van der Waals surface area contributed by atoms with E-state index < -0.39 is 5.54 Å². The van der Waals surface area contributed by atoms with Crippen LogP contribution in [0.5, 0.6) is 0 Å². The standard InChI is InChI=1S/C19H17ClN4O/c1-5-19(3,4)23-18(25)15-11-21-24-12(2)9-16(22-17(15)24)13-7-6-8-14(20)10-13/h1,6-11H,2-4H3,(H,23,25). The Morgan fingerprint density at radius 1 is 1.36 bits per heavy atom. The van der Waals surface area contributed by atoms with Gasteiger partial charge in [0.1, 0.15) is 5.56 Å². The van der Waals surface area contributed by atoms with Gasteiger partial charge in [-0.2, -0.15) is 5.10 Å². The average Bonchev–Trinajstić information content (AvgIpc) is 2.99. The lowest BCUT2D eigenvalue weighted by Gasteiger charge is -2.18. The van der Waals surface area contributed by atoms with E-state index in [1.54, 1.807) is 24.4 Å². The summed E-state index contributed by atoms with van der Waals surface area (Å²) in [6.45, 7) is 5.42. The Balaban J connectivity index is 2.11. The molecule has 0 unspecified atom stereocenters. The highest BCUT2D eigenvalue weighted by Crippen LogP contribution is 2.23. The van der Waals surface area contributed by atoms with Gasteiger partial charge in [-0.25, -0.2) is 9.50 Å². The average molecular weight is 353 g/mol. The molecule has 0 fully saturated rings. The van der Waals surface area contributed by atoms with Gasteiger partial charge in [-0.05, 0) is 39.0 Å². The van der Waals surface area contributed by atoms with Crippen LogP contribution in [0, 0.1) is 19.3 Å². The summed E-state index contributed by atoms with van der Waals surface area (Å²) < 4.78 is 1.63. The minimum absolute atomic E-state index is 0.312. The molecule has 2 heterocycles. The lowest BCUT2D eigenvalue weighted by molar-refractivity contribution is 0.0931. The number of aryl methyl sites for hydroxylation is 1. The van der Waals surface area contributed by atoms with Gasteiger partial charge in [0.25, 0.3) is 5.91 Å². The van der Waals surface area contributed by atoms with E-state index in [9.17, 15) is 4.79 Å². The summed E-state index contributed by atoms with van der Waals surface area (Å²) in [5.74, 6) is 2.23. The van der Waals surface area contributed by atoms with Crippen molar-refractivity contribution in [3.05, 3.63) is 52.8 Å². The molecular formula is C19H17ClN4O. The Hall–Kier alpha value is -2.84. The zero-order valence-corrected chi connectivity index (χ0v) is 14.9. The number of benzene rings is 1. The SMILES string of the molecule is C#CC(C)(C)NC(=O)c1cnn2c(C)cc(-c3cccc(Cl)c3)nc12. The topological polar surface area (TPSA) is 59.3 Å². The molecule has 0 bridgehead atoms. The number of halogens is 1. The van der Waals surface area contributed by atoms with Crippen LogP contribution in [0.15, 0.2) is 36.5 Å². The normalized spacial score (nSPS) is 11.3. The van der Waals surface area contributed by atoms with Crippen LogP contribution in [-0.2, 0) is 0 Å². The Morgan fingerprint density at radius 3 is 2.80 bits per heavy atom. The molecule has 0 saturated heterocycles. The number of aromatic nitrogens is 3. The lowest BCUT2D eigenvalue weighted by Crippen LogP contribution is -2.42. The van der Waals surface area contributed by atoms with Crippen molar-refractivity contribution in [3.63, 3.8) is 0 Å². The maximum absolute atomic E-state index is 12.6. The van der Waals surface area contributed by atoms with Gasteiger partial charge in [0, 0.05) is 16.3 Å². The maximum Gasteiger partial charge on any atom is 0.257 e. The predicted molar refractivity (Wildman–Crippen MR) is 98.5 cm³/mol. The second kappa shape index (κ2) is 6.23. The first-order chi connectivity index (χ1) is 11.8. The largest absolute Gasteiger partial charge is 0.336 e. The van der Waals surface area contributed by atoms with E-state index in [4.69, 9.17) is 18.0 Å². The Kier molecular flexibility index (Phi) is 4.23. The van der Waals surface area contributed by atoms with Gasteiger partial charge < -0.3 is 5.32 Å². The molecule has 1 N–H and O–H groups in total. The Morgan fingerprint density at radius 2 is 2.12 bits per heavy atom. The van der Waals surface area contributed by atoms with E-state index in [2.05, 4.69) is 21.3 Å². The molecular weight excluding hydrogens is 336 g/mol. The first kappa shape index (κ1) is 17.0. The number of terminal acetylenes is 1. The van der Waals surface area contributed by atoms with E-state index in [0.717, 1.165) is 17.0 Å². The molecule has 5 nitrogen and oxygen atoms in total. The van der Waals surface area contributed by atoms with Crippen LogP contribution in [0.3, 0.4) is 0 Å². The van der Waals surface area contributed by atoms with Crippen molar-refractivity contribution in [2.24, 2.45) is 0 Å². The number of hydrogen-bond donors (Lipinski definition) is 1. The summed E-state index contributed by atoms with van der Waals surface area (Å²) in [4.78, 5) is 17.2. The zero-order chi connectivity index (χ0) is 18.2. The number of amides is 1. The van der Waals surface area contributed by atoms with Crippen LogP contribution in [0.1, 0.15) is 29.9 Å². The summed E-state index contributed by atoms with van der Waals surface area (Å²) in [5.41, 5.74) is 2.53. The van der Waals surface area contributed by atoms with Gasteiger partial charge in [-0.15, -0.1) is 6.42 Å². The number of nitrogens with zero attached hydrogens (tertiary/aromatic N) is 3. The minimum atomic E-state index is -0.759. The van der Waals surface area contributed by atoms with E-state index in [-0.39, 0.29) is 5.91 Å². The van der Waals surface area contributed by atoms with E-state index in [1.165, 1.54) is 6.20 Å². The van der Waals surface area contributed by atoms with Crippen molar-refractivity contribution < 1.29 is 4.79 Å². The number of carbonyl (C=O) groups excluding carboxylic acids is 1. The van der Waals surface area contributed by atoms with Crippen molar-refractivity contribution in [1.82, 2.24) is 19.9 Å². The Labute approximate surface area is 151 Å². The monoisotopic (exact) mass is 352 g/mol. The second-order valence-electron chi connectivity index (χ2n) is 6.31.